The van der Waals surface area contributed by atoms with E-state index in [4.69, 9.17) is 0 Å². The second kappa shape index (κ2) is 4.06. The smallest absolute Gasteiger partial charge is 0.130 e. The lowest BCUT2D eigenvalue weighted by atomic mass is 9.86. The van der Waals surface area contributed by atoms with Gasteiger partial charge in [-0.15, -0.1) is 0 Å². The molecule has 0 bridgehead atoms. The minimum Gasteiger partial charge on any atom is -0.388 e. The Hall–Kier alpha value is -0.680. The maximum atomic E-state index is 9.96. The van der Waals surface area contributed by atoms with Gasteiger partial charge in [-0.3, -0.25) is 0 Å². The molecule has 0 unspecified atom stereocenters. The summed E-state index contributed by atoms with van der Waals surface area (Å²) < 4.78 is 0.714. The molecule has 1 aromatic rings. The molecule has 0 aromatic carbocycles. The molecule has 0 spiro atoms. The molecule has 1 heterocycles. The van der Waals surface area contributed by atoms with Gasteiger partial charge in [0, 0.05) is 6.07 Å². The van der Waals surface area contributed by atoms with Crippen LogP contribution in [0.5, 0.6) is 0 Å². The first kappa shape index (κ1) is 12.4. The van der Waals surface area contributed by atoms with Gasteiger partial charge in [-0.05, 0) is 43.6 Å². The van der Waals surface area contributed by atoms with Crippen molar-refractivity contribution in [1.82, 2.24) is 9.97 Å². The molecule has 1 rings (SSSR count). The molecular formula is C10H16BrN3O. The third-order valence-electron chi connectivity index (χ3n) is 2.60. The fraction of sp³-hybridized carbons (Fsp3) is 0.600. The Balaban J connectivity index is 2.87. The molecule has 0 amide bonds. The van der Waals surface area contributed by atoms with Gasteiger partial charge >= 0.3 is 0 Å². The molecule has 0 saturated carbocycles. The standard InChI is InChI=1S/C10H16BrN3O/c1-9(2,10(3,4)15)14-8-5-7(11)12-6-13-8/h5-6,15H,1-4H3,(H,12,13,14). The zero-order valence-electron chi connectivity index (χ0n) is 9.37. The number of aliphatic hydroxyl groups is 1. The molecular weight excluding hydrogens is 258 g/mol. The van der Waals surface area contributed by atoms with E-state index in [1.807, 2.05) is 13.8 Å². The molecule has 0 saturated heterocycles. The lowest BCUT2D eigenvalue weighted by Crippen LogP contribution is -2.51. The number of aromatic nitrogens is 2. The molecule has 0 aliphatic carbocycles. The molecule has 5 heteroatoms. The molecule has 0 radical (unpaired) electrons. The van der Waals surface area contributed by atoms with Crippen molar-refractivity contribution in [3.8, 4) is 0 Å². The third-order valence-corrected chi connectivity index (χ3v) is 3.04. The summed E-state index contributed by atoms with van der Waals surface area (Å²) in [6, 6.07) is 1.77. The van der Waals surface area contributed by atoms with Gasteiger partial charge in [0.05, 0.1) is 11.1 Å². The van der Waals surface area contributed by atoms with Gasteiger partial charge in [-0.2, -0.15) is 0 Å². The highest BCUT2D eigenvalue weighted by Gasteiger charge is 2.35. The van der Waals surface area contributed by atoms with Crippen LogP contribution in [0.4, 0.5) is 5.82 Å². The SMILES string of the molecule is CC(C)(O)C(C)(C)Nc1cc(Br)ncn1. The number of hydrogen-bond acceptors (Lipinski definition) is 4. The van der Waals surface area contributed by atoms with E-state index in [1.54, 1.807) is 19.9 Å². The summed E-state index contributed by atoms with van der Waals surface area (Å²) in [7, 11) is 0. The molecule has 2 N–H and O–H groups in total. The zero-order valence-corrected chi connectivity index (χ0v) is 11.0. The fourth-order valence-electron chi connectivity index (χ4n) is 0.875. The van der Waals surface area contributed by atoms with E-state index in [2.05, 4.69) is 31.2 Å². The van der Waals surface area contributed by atoms with Gasteiger partial charge in [0.2, 0.25) is 0 Å². The van der Waals surface area contributed by atoms with Crippen LogP contribution in [0, 0.1) is 0 Å². The highest BCUT2D eigenvalue weighted by Crippen LogP contribution is 2.25. The monoisotopic (exact) mass is 273 g/mol. The Morgan fingerprint density at radius 3 is 2.33 bits per heavy atom. The van der Waals surface area contributed by atoms with E-state index < -0.39 is 11.1 Å². The van der Waals surface area contributed by atoms with Crippen LogP contribution in [0.3, 0.4) is 0 Å². The minimum atomic E-state index is -0.843. The van der Waals surface area contributed by atoms with Crippen LogP contribution in [0.15, 0.2) is 17.0 Å². The van der Waals surface area contributed by atoms with Crippen molar-refractivity contribution in [2.75, 3.05) is 5.32 Å². The second-order valence-electron chi connectivity index (χ2n) is 4.53. The van der Waals surface area contributed by atoms with E-state index >= 15 is 0 Å². The van der Waals surface area contributed by atoms with E-state index in [0.717, 1.165) is 0 Å². The molecule has 84 valence electrons. The van der Waals surface area contributed by atoms with Gasteiger partial charge in [-0.1, -0.05) is 0 Å². The van der Waals surface area contributed by atoms with Crippen molar-refractivity contribution in [3.05, 3.63) is 17.0 Å². The van der Waals surface area contributed by atoms with E-state index in [9.17, 15) is 5.11 Å². The highest BCUT2D eigenvalue weighted by molar-refractivity contribution is 9.10. The summed E-state index contributed by atoms with van der Waals surface area (Å²) in [4.78, 5) is 8.01. The lowest BCUT2D eigenvalue weighted by Gasteiger charge is -2.38. The van der Waals surface area contributed by atoms with Gasteiger partial charge in [-0.25, -0.2) is 9.97 Å². The highest BCUT2D eigenvalue weighted by atomic mass is 79.9. The van der Waals surface area contributed by atoms with Crippen LogP contribution >= 0.6 is 15.9 Å². The average Bonchev–Trinajstić information content (AvgIpc) is 2.00. The van der Waals surface area contributed by atoms with Crippen molar-refractivity contribution in [1.29, 1.82) is 0 Å². The quantitative estimate of drug-likeness (QED) is 0.830. The van der Waals surface area contributed by atoms with Crippen molar-refractivity contribution >= 4 is 21.7 Å². The predicted molar refractivity (Wildman–Crippen MR) is 63.7 cm³/mol. The average molecular weight is 274 g/mol. The summed E-state index contributed by atoms with van der Waals surface area (Å²) in [6.45, 7) is 7.36. The number of nitrogens with one attached hydrogen (secondary N) is 1. The van der Waals surface area contributed by atoms with Crippen LogP contribution in [0.2, 0.25) is 0 Å². The van der Waals surface area contributed by atoms with Gasteiger partial charge in [0.1, 0.15) is 16.7 Å². The molecule has 1 aromatic heterocycles. The van der Waals surface area contributed by atoms with Crippen molar-refractivity contribution < 1.29 is 5.11 Å². The van der Waals surface area contributed by atoms with Gasteiger partial charge in [0.15, 0.2) is 0 Å². The minimum absolute atomic E-state index is 0.471. The Morgan fingerprint density at radius 1 is 1.27 bits per heavy atom. The number of nitrogens with zero attached hydrogens (tertiary/aromatic N) is 2. The largest absolute Gasteiger partial charge is 0.388 e. The number of halogens is 1. The van der Waals surface area contributed by atoms with Crippen molar-refractivity contribution in [3.63, 3.8) is 0 Å². The first-order valence-electron chi connectivity index (χ1n) is 4.70. The van der Waals surface area contributed by atoms with Crippen LogP contribution in [0.25, 0.3) is 0 Å². The van der Waals surface area contributed by atoms with Gasteiger partial charge < -0.3 is 10.4 Å². The Labute approximate surface area is 98.3 Å². The van der Waals surface area contributed by atoms with Gasteiger partial charge in [0.25, 0.3) is 0 Å². The molecule has 0 atom stereocenters. The maximum absolute atomic E-state index is 9.96. The first-order chi connectivity index (χ1) is 6.72. The van der Waals surface area contributed by atoms with Crippen LogP contribution < -0.4 is 5.32 Å². The maximum Gasteiger partial charge on any atom is 0.130 e. The van der Waals surface area contributed by atoms with E-state index in [0.29, 0.717) is 10.4 Å². The number of hydrogen-bond donors (Lipinski definition) is 2. The lowest BCUT2D eigenvalue weighted by molar-refractivity contribution is 0.0238. The Morgan fingerprint density at radius 2 is 1.87 bits per heavy atom. The summed E-state index contributed by atoms with van der Waals surface area (Å²) >= 11 is 3.27. The molecule has 0 aliphatic rings. The summed E-state index contributed by atoms with van der Waals surface area (Å²) in [5.41, 5.74) is -1.31. The van der Waals surface area contributed by atoms with Crippen LogP contribution in [0.1, 0.15) is 27.7 Å². The van der Waals surface area contributed by atoms with Crippen molar-refractivity contribution in [2.45, 2.75) is 38.8 Å². The third kappa shape index (κ3) is 3.14. The summed E-state index contributed by atoms with van der Waals surface area (Å²) in [5, 5.41) is 13.1. The Kier molecular flexibility index (Phi) is 3.35. The predicted octanol–water partition coefficient (Wildman–Crippen LogP) is 2.20. The molecule has 15 heavy (non-hydrogen) atoms. The zero-order chi connectivity index (χ0) is 11.7. The number of anilines is 1. The molecule has 4 nitrogen and oxygen atoms in total. The van der Waals surface area contributed by atoms with Crippen molar-refractivity contribution in [2.24, 2.45) is 0 Å². The number of rotatable bonds is 3. The summed E-state index contributed by atoms with van der Waals surface area (Å²) in [6.07, 6.45) is 1.47. The second-order valence-corrected chi connectivity index (χ2v) is 5.35. The van der Waals surface area contributed by atoms with Crippen LogP contribution in [-0.2, 0) is 0 Å². The van der Waals surface area contributed by atoms with E-state index in [1.165, 1.54) is 6.33 Å². The molecule has 0 fully saturated rings. The normalized spacial score (nSPS) is 12.7. The topological polar surface area (TPSA) is 58.0 Å². The van der Waals surface area contributed by atoms with Crippen LogP contribution in [-0.4, -0.2) is 26.2 Å². The fourth-order valence-corrected chi connectivity index (χ4v) is 1.18. The first-order valence-corrected chi connectivity index (χ1v) is 5.50. The van der Waals surface area contributed by atoms with E-state index in [-0.39, 0.29) is 0 Å². The summed E-state index contributed by atoms with van der Waals surface area (Å²) in [5.74, 6) is 0.684. The Bertz CT molecular complexity index is 347. The molecule has 0 aliphatic heterocycles.